The van der Waals surface area contributed by atoms with E-state index in [0.29, 0.717) is 19.6 Å². The SMILES string of the molecule is CC1(CCNC(=O)Nc2ccccc2CC(F)(F)F)OCCO1. The number of para-hydroxylation sites is 1. The molecule has 0 aliphatic carbocycles. The monoisotopic (exact) mass is 332 g/mol. The van der Waals surface area contributed by atoms with Gasteiger partial charge in [0, 0.05) is 18.7 Å². The first-order valence-electron chi connectivity index (χ1n) is 7.25. The van der Waals surface area contributed by atoms with Gasteiger partial charge in [-0.25, -0.2) is 4.79 Å². The first kappa shape index (κ1) is 17.6. The summed E-state index contributed by atoms with van der Waals surface area (Å²) in [5.74, 6) is -0.721. The number of amides is 2. The Bertz CT molecular complexity index is 543. The Morgan fingerprint density at radius 2 is 1.91 bits per heavy atom. The fraction of sp³-hybridized carbons (Fsp3) is 0.533. The molecule has 0 aromatic heterocycles. The zero-order valence-corrected chi connectivity index (χ0v) is 12.7. The van der Waals surface area contributed by atoms with Crippen molar-refractivity contribution in [1.82, 2.24) is 5.32 Å². The lowest BCUT2D eigenvalue weighted by Gasteiger charge is -2.22. The molecule has 0 unspecified atom stereocenters. The second-order valence-electron chi connectivity index (χ2n) is 5.41. The van der Waals surface area contributed by atoms with Gasteiger partial charge in [-0.05, 0) is 18.6 Å². The quantitative estimate of drug-likeness (QED) is 0.871. The van der Waals surface area contributed by atoms with Crippen molar-refractivity contribution in [2.24, 2.45) is 0 Å². The molecular formula is C15H19F3N2O3. The van der Waals surface area contributed by atoms with Crippen LogP contribution in [0.15, 0.2) is 24.3 Å². The minimum absolute atomic E-state index is 0.0181. The molecule has 0 atom stereocenters. The van der Waals surface area contributed by atoms with E-state index in [1.54, 1.807) is 13.0 Å². The van der Waals surface area contributed by atoms with Gasteiger partial charge in [0.15, 0.2) is 5.79 Å². The Hall–Kier alpha value is -1.80. The summed E-state index contributed by atoms with van der Waals surface area (Å²) in [6.07, 6.45) is -4.98. The van der Waals surface area contributed by atoms with E-state index in [9.17, 15) is 18.0 Å². The standard InChI is InChI=1S/C15H19F3N2O3/c1-14(22-8-9-23-14)6-7-19-13(21)20-12-5-3-2-4-11(12)10-15(16,17)18/h2-5H,6-10H2,1H3,(H2,19,20,21). The summed E-state index contributed by atoms with van der Waals surface area (Å²) in [7, 11) is 0. The van der Waals surface area contributed by atoms with Gasteiger partial charge in [0.1, 0.15) is 0 Å². The van der Waals surface area contributed by atoms with Crippen molar-refractivity contribution in [3.8, 4) is 0 Å². The Kier molecular flexibility index (Phi) is 5.48. The zero-order chi connectivity index (χ0) is 16.9. The van der Waals surface area contributed by atoms with Crippen molar-refractivity contribution in [3.05, 3.63) is 29.8 Å². The van der Waals surface area contributed by atoms with Crippen LogP contribution in [0.25, 0.3) is 0 Å². The number of alkyl halides is 3. The molecule has 2 amide bonds. The molecule has 23 heavy (non-hydrogen) atoms. The largest absolute Gasteiger partial charge is 0.393 e. The Morgan fingerprint density at radius 3 is 2.57 bits per heavy atom. The molecule has 1 aromatic rings. The predicted octanol–water partition coefficient (Wildman–Crippen LogP) is 3.07. The number of rotatable bonds is 5. The number of urea groups is 1. The Morgan fingerprint density at radius 1 is 1.26 bits per heavy atom. The van der Waals surface area contributed by atoms with Gasteiger partial charge in [0.25, 0.3) is 0 Å². The van der Waals surface area contributed by atoms with Gasteiger partial charge in [0.2, 0.25) is 0 Å². The molecule has 1 aromatic carbocycles. The predicted molar refractivity (Wildman–Crippen MR) is 78.1 cm³/mol. The molecule has 0 saturated carbocycles. The maximum absolute atomic E-state index is 12.5. The molecule has 2 N–H and O–H groups in total. The van der Waals surface area contributed by atoms with Crippen LogP contribution < -0.4 is 10.6 Å². The molecular weight excluding hydrogens is 313 g/mol. The first-order chi connectivity index (χ1) is 10.8. The summed E-state index contributed by atoms with van der Waals surface area (Å²) in [5, 5.41) is 5.02. The molecule has 5 nitrogen and oxygen atoms in total. The summed E-state index contributed by atoms with van der Waals surface area (Å²) in [6.45, 7) is 3.07. The average molecular weight is 332 g/mol. The van der Waals surface area contributed by atoms with Crippen LogP contribution in [0.4, 0.5) is 23.7 Å². The highest BCUT2D eigenvalue weighted by Gasteiger charge is 2.31. The number of halogens is 3. The molecule has 0 spiro atoms. The third-order valence-corrected chi connectivity index (χ3v) is 3.42. The number of hydrogen-bond acceptors (Lipinski definition) is 3. The third-order valence-electron chi connectivity index (χ3n) is 3.42. The Balaban J connectivity index is 1.85. The summed E-state index contributed by atoms with van der Waals surface area (Å²) in [4.78, 5) is 11.8. The molecule has 0 bridgehead atoms. The van der Waals surface area contributed by atoms with Crippen molar-refractivity contribution in [2.45, 2.75) is 31.7 Å². The van der Waals surface area contributed by atoms with Crippen molar-refractivity contribution in [3.63, 3.8) is 0 Å². The lowest BCUT2D eigenvalue weighted by atomic mass is 10.1. The molecule has 1 aliphatic heterocycles. The molecule has 0 radical (unpaired) electrons. The number of benzene rings is 1. The number of carbonyl (C=O) groups excluding carboxylic acids is 1. The molecule has 128 valence electrons. The summed E-state index contributed by atoms with van der Waals surface area (Å²) in [6, 6.07) is 5.27. The van der Waals surface area contributed by atoms with Gasteiger partial charge < -0.3 is 20.1 Å². The highest BCUT2D eigenvalue weighted by atomic mass is 19.4. The second kappa shape index (κ2) is 7.18. The molecule has 1 heterocycles. The highest BCUT2D eigenvalue weighted by Crippen LogP contribution is 2.26. The number of anilines is 1. The van der Waals surface area contributed by atoms with Crippen LogP contribution in [0.2, 0.25) is 0 Å². The maximum Gasteiger partial charge on any atom is 0.393 e. The fourth-order valence-electron chi connectivity index (χ4n) is 2.28. The summed E-state index contributed by atoms with van der Waals surface area (Å²) >= 11 is 0. The second-order valence-corrected chi connectivity index (χ2v) is 5.41. The van der Waals surface area contributed by atoms with Crippen LogP contribution >= 0.6 is 0 Å². The average Bonchev–Trinajstić information content (AvgIpc) is 2.86. The van der Waals surface area contributed by atoms with Gasteiger partial charge in [0.05, 0.1) is 19.6 Å². The van der Waals surface area contributed by atoms with Crippen molar-refractivity contribution in [1.29, 1.82) is 0 Å². The van der Waals surface area contributed by atoms with Gasteiger partial charge in [-0.3, -0.25) is 0 Å². The molecule has 1 fully saturated rings. The van der Waals surface area contributed by atoms with Crippen molar-refractivity contribution < 1.29 is 27.4 Å². The van der Waals surface area contributed by atoms with Gasteiger partial charge in [-0.15, -0.1) is 0 Å². The Labute approximate surface area is 132 Å². The van der Waals surface area contributed by atoms with E-state index < -0.39 is 24.4 Å². The lowest BCUT2D eigenvalue weighted by Crippen LogP contribution is -2.35. The maximum atomic E-state index is 12.5. The topological polar surface area (TPSA) is 59.6 Å². The van der Waals surface area contributed by atoms with E-state index in [-0.39, 0.29) is 17.8 Å². The molecule has 1 saturated heterocycles. The van der Waals surface area contributed by atoms with Crippen LogP contribution in [-0.2, 0) is 15.9 Å². The molecule has 1 aliphatic rings. The summed E-state index contributed by atoms with van der Waals surface area (Å²) in [5.41, 5.74) is 0.159. The van der Waals surface area contributed by atoms with Gasteiger partial charge in [-0.2, -0.15) is 13.2 Å². The number of hydrogen-bond donors (Lipinski definition) is 2. The van der Waals surface area contributed by atoms with E-state index in [0.717, 1.165) is 0 Å². The van der Waals surface area contributed by atoms with E-state index in [4.69, 9.17) is 9.47 Å². The minimum atomic E-state index is -4.33. The molecule has 2 rings (SSSR count). The highest BCUT2D eigenvalue weighted by molar-refractivity contribution is 5.90. The van der Waals surface area contributed by atoms with Crippen LogP contribution in [0, 0.1) is 0 Å². The van der Waals surface area contributed by atoms with Crippen molar-refractivity contribution in [2.75, 3.05) is 25.1 Å². The van der Waals surface area contributed by atoms with Crippen LogP contribution in [0.5, 0.6) is 0 Å². The van der Waals surface area contributed by atoms with E-state index in [1.165, 1.54) is 18.2 Å². The normalized spacial score (nSPS) is 17.0. The third kappa shape index (κ3) is 5.72. The van der Waals surface area contributed by atoms with Crippen LogP contribution in [0.3, 0.4) is 0 Å². The van der Waals surface area contributed by atoms with Crippen LogP contribution in [-0.4, -0.2) is 37.8 Å². The van der Waals surface area contributed by atoms with Crippen LogP contribution in [0.1, 0.15) is 18.9 Å². The lowest BCUT2D eigenvalue weighted by molar-refractivity contribution is -0.145. The number of carbonyl (C=O) groups is 1. The van der Waals surface area contributed by atoms with E-state index in [1.807, 2.05) is 0 Å². The fourth-order valence-corrected chi connectivity index (χ4v) is 2.28. The molecule has 8 heteroatoms. The number of nitrogens with one attached hydrogen (secondary N) is 2. The van der Waals surface area contributed by atoms with Crippen molar-refractivity contribution >= 4 is 11.7 Å². The minimum Gasteiger partial charge on any atom is -0.348 e. The van der Waals surface area contributed by atoms with Gasteiger partial charge >= 0.3 is 12.2 Å². The van der Waals surface area contributed by atoms with Gasteiger partial charge in [-0.1, -0.05) is 18.2 Å². The summed E-state index contributed by atoms with van der Waals surface area (Å²) < 4.78 is 48.4. The smallest absolute Gasteiger partial charge is 0.348 e. The zero-order valence-electron chi connectivity index (χ0n) is 12.7. The van der Waals surface area contributed by atoms with E-state index >= 15 is 0 Å². The first-order valence-corrected chi connectivity index (χ1v) is 7.25. The number of ether oxygens (including phenoxy) is 2. The van der Waals surface area contributed by atoms with E-state index in [2.05, 4.69) is 10.6 Å².